The van der Waals surface area contributed by atoms with E-state index in [1.807, 2.05) is 0 Å². The van der Waals surface area contributed by atoms with E-state index in [9.17, 15) is 27.0 Å². The highest BCUT2D eigenvalue weighted by molar-refractivity contribution is 9.10. The number of aliphatic hydroxyl groups excluding tert-OH is 2. The summed E-state index contributed by atoms with van der Waals surface area (Å²) in [7, 11) is -5.79. The minimum absolute atomic E-state index is 0.00188. The number of nitrogens with one attached hydrogen (secondary N) is 1. The van der Waals surface area contributed by atoms with Crippen LogP contribution in [0.2, 0.25) is 0 Å². The zero-order valence-electron chi connectivity index (χ0n) is 23.4. The lowest BCUT2D eigenvalue weighted by molar-refractivity contribution is -0.0312. The van der Waals surface area contributed by atoms with Crippen LogP contribution in [0.4, 0.5) is 0 Å². The average molecular weight is 690 g/mol. The lowest BCUT2D eigenvalue weighted by Gasteiger charge is -2.38. The van der Waals surface area contributed by atoms with Gasteiger partial charge >= 0.3 is 0 Å². The minimum atomic E-state index is -3.67. The van der Waals surface area contributed by atoms with Crippen LogP contribution < -0.4 is 14.8 Å². The van der Waals surface area contributed by atoms with E-state index in [0.717, 1.165) is 0 Å². The summed E-state index contributed by atoms with van der Waals surface area (Å²) in [6.07, 6.45) is 1.88. The van der Waals surface area contributed by atoms with E-state index in [2.05, 4.69) is 21.2 Å². The van der Waals surface area contributed by atoms with Crippen molar-refractivity contribution in [3.05, 3.63) is 46.9 Å². The molecule has 0 aromatic heterocycles. The van der Waals surface area contributed by atoms with Gasteiger partial charge in [0, 0.05) is 25.7 Å². The number of benzene rings is 2. The van der Waals surface area contributed by atoms with Crippen LogP contribution in [0.5, 0.6) is 11.5 Å². The normalized spacial score (nSPS) is 22.6. The highest BCUT2D eigenvalue weighted by atomic mass is 79.9. The molecule has 3 aliphatic rings. The van der Waals surface area contributed by atoms with Gasteiger partial charge in [0.1, 0.15) is 24.2 Å². The molecule has 2 aromatic rings. The Hall–Kier alpha value is -1.78. The van der Waals surface area contributed by atoms with Gasteiger partial charge in [0.25, 0.3) is 0 Å². The number of hydrogen-bond donors (Lipinski definition) is 3. The van der Waals surface area contributed by atoms with Crippen LogP contribution in [0.25, 0.3) is 0 Å². The van der Waals surface area contributed by atoms with Gasteiger partial charge in [-0.05, 0) is 84.4 Å². The van der Waals surface area contributed by atoms with E-state index in [4.69, 9.17) is 14.2 Å². The number of aliphatic hydroxyl groups is 2. The molecule has 2 aliphatic heterocycles. The Morgan fingerprint density at radius 2 is 1.83 bits per heavy atom. The molecule has 1 unspecified atom stereocenters. The number of ether oxygens (including phenoxy) is 3. The predicted molar refractivity (Wildman–Crippen MR) is 158 cm³/mol. The van der Waals surface area contributed by atoms with Crippen molar-refractivity contribution in [3.8, 4) is 11.5 Å². The van der Waals surface area contributed by atoms with E-state index in [1.165, 1.54) is 23.5 Å². The number of sulfone groups is 1. The van der Waals surface area contributed by atoms with Crippen LogP contribution in [0.1, 0.15) is 32.1 Å². The largest absolute Gasteiger partial charge is 0.496 e. The molecular formula is C28H37BrN2O9S2. The van der Waals surface area contributed by atoms with Crippen molar-refractivity contribution in [1.29, 1.82) is 0 Å². The summed E-state index contributed by atoms with van der Waals surface area (Å²) in [5.41, 5.74) is -0.412. The summed E-state index contributed by atoms with van der Waals surface area (Å²) >= 11 is 3.36. The number of halogens is 1. The third-order valence-electron chi connectivity index (χ3n) is 8.47. The van der Waals surface area contributed by atoms with Gasteiger partial charge in [-0.25, -0.2) is 16.8 Å². The van der Waals surface area contributed by atoms with Crippen LogP contribution in [0, 0.1) is 0 Å². The third kappa shape index (κ3) is 6.36. The van der Waals surface area contributed by atoms with Gasteiger partial charge in [-0.1, -0.05) is 6.07 Å². The number of nitrogens with zero attached hydrogens (tertiary/aromatic N) is 1. The SMILES string of the molecule is COc1ccc(S(=O)(=O)N2CCC3(CC2)C[C@H](NCC(O)COc2cccc(S(=O)(=O)C4(CO)CC4)c2)CO3)cc1Br. The van der Waals surface area contributed by atoms with Crippen LogP contribution in [0.3, 0.4) is 0 Å². The minimum Gasteiger partial charge on any atom is -0.496 e. The number of sulfonamides is 1. The molecule has 11 nitrogen and oxygen atoms in total. The fourth-order valence-corrected chi connectivity index (χ4v) is 9.60. The van der Waals surface area contributed by atoms with Crippen LogP contribution in [-0.2, 0) is 24.6 Å². The Morgan fingerprint density at radius 1 is 1.10 bits per heavy atom. The van der Waals surface area contributed by atoms with Gasteiger partial charge < -0.3 is 29.7 Å². The van der Waals surface area contributed by atoms with Crippen molar-refractivity contribution in [3.63, 3.8) is 0 Å². The molecule has 3 N–H and O–H groups in total. The summed E-state index contributed by atoms with van der Waals surface area (Å²) in [5.74, 6) is 0.891. The molecule has 1 spiro atoms. The second-order valence-corrected chi connectivity index (χ2v) is 16.4. The summed E-state index contributed by atoms with van der Waals surface area (Å²) in [4.78, 5) is 0.308. The van der Waals surface area contributed by atoms with Gasteiger partial charge in [-0.15, -0.1) is 0 Å². The molecule has 2 aromatic carbocycles. The fourth-order valence-electron chi connectivity index (χ4n) is 5.60. The molecule has 14 heteroatoms. The second-order valence-electron chi connectivity index (χ2n) is 11.3. The molecule has 0 bridgehead atoms. The molecule has 1 saturated carbocycles. The number of methoxy groups -OCH3 is 1. The van der Waals surface area contributed by atoms with Gasteiger partial charge in [0.2, 0.25) is 10.0 Å². The Balaban J connectivity index is 1.08. The molecular weight excluding hydrogens is 652 g/mol. The highest BCUT2D eigenvalue weighted by Gasteiger charge is 2.54. The number of piperidine rings is 1. The third-order valence-corrected chi connectivity index (χ3v) is 13.5. The average Bonchev–Trinajstić information content (AvgIpc) is 3.71. The smallest absolute Gasteiger partial charge is 0.243 e. The van der Waals surface area contributed by atoms with Crippen LogP contribution in [-0.4, -0.2) is 100 Å². The van der Waals surface area contributed by atoms with Gasteiger partial charge in [0.15, 0.2) is 9.84 Å². The highest BCUT2D eigenvalue weighted by Crippen LogP contribution is 2.46. The molecule has 2 heterocycles. The maximum Gasteiger partial charge on any atom is 0.243 e. The molecule has 2 atom stereocenters. The van der Waals surface area contributed by atoms with E-state index in [0.29, 0.717) is 67.8 Å². The zero-order valence-corrected chi connectivity index (χ0v) is 26.6. The number of hydrogen-bond acceptors (Lipinski definition) is 10. The lowest BCUT2D eigenvalue weighted by Crippen LogP contribution is -2.47. The first-order chi connectivity index (χ1) is 19.9. The molecule has 3 fully saturated rings. The van der Waals surface area contributed by atoms with Gasteiger partial charge in [0.05, 0.1) is 44.9 Å². The van der Waals surface area contributed by atoms with Crippen molar-refractivity contribution in [1.82, 2.24) is 9.62 Å². The van der Waals surface area contributed by atoms with Crippen molar-refractivity contribution in [2.45, 2.75) is 64.4 Å². The topological polar surface area (TPSA) is 152 Å². The van der Waals surface area contributed by atoms with Gasteiger partial charge in [-0.2, -0.15) is 4.31 Å². The monoisotopic (exact) mass is 688 g/mol. The van der Waals surface area contributed by atoms with E-state index < -0.39 is 42.9 Å². The standard InChI is InChI=1S/C28H37BrN2O9S2/c1-38-26-6-5-24(14-25(26)29)42(36,37)31-11-9-27(10-12-31)15-20(17-40-27)30-16-21(33)18-39-22-3-2-4-23(13-22)41(34,35)28(19-32)7-8-28/h2-6,13-14,20-21,30,32-33H,7-12,15-19H2,1H3/t20-,21?/m0/s1. The fraction of sp³-hybridized carbons (Fsp3) is 0.571. The Morgan fingerprint density at radius 3 is 2.48 bits per heavy atom. The first kappa shape index (κ1) is 31.6. The predicted octanol–water partition coefficient (Wildman–Crippen LogP) is 2.10. The molecule has 42 heavy (non-hydrogen) atoms. The summed E-state index contributed by atoms with van der Waals surface area (Å²) in [6, 6.07) is 10.9. The van der Waals surface area contributed by atoms with Crippen molar-refractivity contribution in [2.24, 2.45) is 0 Å². The second kappa shape index (κ2) is 12.3. The Kier molecular flexibility index (Phi) is 9.27. The Labute approximate surface area is 255 Å². The van der Waals surface area contributed by atoms with Crippen LogP contribution in [0.15, 0.2) is 56.7 Å². The van der Waals surface area contributed by atoms with Crippen molar-refractivity contribution >= 4 is 35.8 Å². The summed E-state index contributed by atoms with van der Waals surface area (Å²) in [6.45, 7) is 0.971. The quantitative estimate of drug-likeness (QED) is 0.302. The van der Waals surface area contributed by atoms with E-state index in [1.54, 1.807) is 30.3 Å². The molecule has 5 rings (SSSR count). The molecule has 1 aliphatic carbocycles. The van der Waals surface area contributed by atoms with Crippen molar-refractivity contribution in [2.75, 3.05) is 46.6 Å². The van der Waals surface area contributed by atoms with Crippen molar-refractivity contribution < 1.29 is 41.3 Å². The Bertz CT molecular complexity index is 1490. The van der Waals surface area contributed by atoms with Gasteiger partial charge in [-0.3, -0.25) is 0 Å². The number of rotatable bonds is 12. The zero-order chi connectivity index (χ0) is 30.2. The maximum atomic E-state index is 13.2. The van der Waals surface area contributed by atoms with E-state index in [-0.39, 0.29) is 29.0 Å². The maximum absolute atomic E-state index is 13.2. The lowest BCUT2D eigenvalue weighted by atomic mass is 9.88. The summed E-state index contributed by atoms with van der Waals surface area (Å²) in [5, 5.41) is 23.4. The van der Waals surface area contributed by atoms with E-state index >= 15 is 0 Å². The molecule has 0 amide bonds. The first-order valence-corrected chi connectivity index (χ1v) is 17.6. The molecule has 0 radical (unpaired) electrons. The van der Waals surface area contributed by atoms with Crippen LogP contribution >= 0.6 is 15.9 Å². The summed E-state index contributed by atoms with van der Waals surface area (Å²) < 4.78 is 70.1. The first-order valence-electron chi connectivity index (χ1n) is 13.9. The molecule has 232 valence electrons. The molecule has 2 saturated heterocycles.